The van der Waals surface area contributed by atoms with Crippen LogP contribution in [-0.4, -0.2) is 20.2 Å². The van der Waals surface area contributed by atoms with Gasteiger partial charge >= 0.3 is 5.69 Å². The minimum atomic E-state index is -0.559. The number of allylic oxidation sites excluding steroid dienone is 1. The summed E-state index contributed by atoms with van der Waals surface area (Å²) in [5.41, 5.74) is 1.61. The van der Waals surface area contributed by atoms with E-state index >= 15 is 0 Å². The topological polar surface area (TPSA) is 91.5 Å². The standard InChI is InChI=1S/C13H11ClN4O2/c1-6-2-7(3-6)8-4-10(17-18-11(8)14)9-5-15-13(20)16-12(9)19/h4-5,7H,1-3H2,(H2,15,16,19,20). The van der Waals surface area contributed by atoms with Gasteiger partial charge in [-0.3, -0.25) is 9.78 Å². The Hall–Kier alpha value is -2.21. The van der Waals surface area contributed by atoms with E-state index in [0.29, 0.717) is 10.8 Å². The fourth-order valence-electron chi connectivity index (χ4n) is 2.27. The van der Waals surface area contributed by atoms with E-state index in [1.807, 2.05) is 0 Å². The molecule has 2 N–H and O–H groups in total. The Morgan fingerprint density at radius 1 is 1.30 bits per heavy atom. The molecule has 1 fully saturated rings. The number of aromatic nitrogens is 4. The van der Waals surface area contributed by atoms with Crippen molar-refractivity contribution >= 4 is 11.6 Å². The minimum absolute atomic E-state index is 0.258. The zero-order chi connectivity index (χ0) is 14.3. The van der Waals surface area contributed by atoms with Crippen molar-refractivity contribution in [2.75, 3.05) is 0 Å². The van der Waals surface area contributed by atoms with Crippen LogP contribution < -0.4 is 11.2 Å². The van der Waals surface area contributed by atoms with Crippen LogP contribution in [-0.2, 0) is 0 Å². The largest absolute Gasteiger partial charge is 0.325 e. The highest BCUT2D eigenvalue weighted by atomic mass is 35.5. The number of aromatic amines is 2. The maximum absolute atomic E-state index is 11.8. The molecular weight excluding hydrogens is 280 g/mol. The Kier molecular flexibility index (Phi) is 3.02. The molecule has 2 aromatic heterocycles. The highest BCUT2D eigenvalue weighted by Gasteiger charge is 2.26. The number of halogens is 1. The van der Waals surface area contributed by atoms with Crippen molar-refractivity contribution in [2.24, 2.45) is 0 Å². The van der Waals surface area contributed by atoms with Gasteiger partial charge < -0.3 is 4.98 Å². The van der Waals surface area contributed by atoms with Gasteiger partial charge in [-0.2, -0.15) is 0 Å². The molecule has 0 saturated heterocycles. The molecule has 0 atom stereocenters. The summed E-state index contributed by atoms with van der Waals surface area (Å²) in [6.07, 6.45) is 3.06. The Bertz CT molecular complexity index is 801. The molecule has 0 spiro atoms. The van der Waals surface area contributed by atoms with Gasteiger partial charge in [-0.25, -0.2) is 4.79 Å². The molecule has 1 saturated carbocycles. The molecule has 2 aromatic rings. The molecule has 20 heavy (non-hydrogen) atoms. The Morgan fingerprint density at radius 2 is 2.05 bits per heavy atom. The molecule has 7 heteroatoms. The first-order valence-electron chi connectivity index (χ1n) is 6.06. The van der Waals surface area contributed by atoms with Gasteiger partial charge in [0.2, 0.25) is 0 Å². The molecule has 0 aliphatic heterocycles. The van der Waals surface area contributed by atoms with Crippen LogP contribution in [0.25, 0.3) is 11.3 Å². The fourth-order valence-corrected chi connectivity index (χ4v) is 2.51. The van der Waals surface area contributed by atoms with Crippen molar-refractivity contribution in [1.82, 2.24) is 20.2 Å². The molecule has 102 valence electrons. The molecule has 0 radical (unpaired) electrons. The summed E-state index contributed by atoms with van der Waals surface area (Å²) in [4.78, 5) is 27.3. The molecule has 6 nitrogen and oxygen atoms in total. The molecule has 0 amide bonds. The van der Waals surface area contributed by atoms with Crippen molar-refractivity contribution in [2.45, 2.75) is 18.8 Å². The third-order valence-electron chi connectivity index (χ3n) is 3.38. The number of hydrogen-bond acceptors (Lipinski definition) is 4. The molecule has 1 aliphatic carbocycles. The lowest BCUT2D eigenvalue weighted by Crippen LogP contribution is -2.23. The second kappa shape index (κ2) is 4.72. The van der Waals surface area contributed by atoms with Crippen molar-refractivity contribution in [3.8, 4) is 11.3 Å². The van der Waals surface area contributed by atoms with Crippen molar-refractivity contribution in [3.05, 3.63) is 56.0 Å². The van der Waals surface area contributed by atoms with Gasteiger partial charge in [-0.05, 0) is 30.4 Å². The second-order valence-corrected chi connectivity index (χ2v) is 5.17. The van der Waals surface area contributed by atoms with Gasteiger partial charge in [-0.15, -0.1) is 10.2 Å². The monoisotopic (exact) mass is 290 g/mol. The van der Waals surface area contributed by atoms with Crippen LogP contribution in [0, 0.1) is 0 Å². The summed E-state index contributed by atoms with van der Waals surface area (Å²) in [7, 11) is 0. The maximum atomic E-state index is 11.8. The van der Waals surface area contributed by atoms with Crippen LogP contribution in [0.1, 0.15) is 24.3 Å². The molecule has 2 heterocycles. The third-order valence-corrected chi connectivity index (χ3v) is 3.67. The summed E-state index contributed by atoms with van der Waals surface area (Å²) in [6.45, 7) is 3.90. The first kappa shape index (κ1) is 12.8. The van der Waals surface area contributed by atoms with Crippen LogP contribution in [0.15, 0.2) is 34.0 Å². The maximum Gasteiger partial charge on any atom is 0.325 e. The van der Waals surface area contributed by atoms with E-state index in [2.05, 4.69) is 26.7 Å². The van der Waals surface area contributed by atoms with E-state index in [1.54, 1.807) is 6.07 Å². The van der Waals surface area contributed by atoms with Gasteiger partial charge in [0, 0.05) is 6.20 Å². The summed E-state index contributed by atoms with van der Waals surface area (Å²) >= 11 is 6.06. The summed E-state index contributed by atoms with van der Waals surface area (Å²) in [5, 5.41) is 8.14. The number of nitrogens with one attached hydrogen (secondary N) is 2. The Labute approximate surface area is 118 Å². The van der Waals surface area contributed by atoms with Crippen molar-refractivity contribution in [3.63, 3.8) is 0 Å². The van der Waals surface area contributed by atoms with E-state index in [0.717, 1.165) is 18.4 Å². The van der Waals surface area contributed by atoms with Crippen molar-refractivity contribution in [1.29, 1.82) is 0 Å². The van der Waals surface area contributed by atoms with E-state index in [9.17, 15) is 9.59 Å². The van der Waals surface area contributed by atoms with E-state index in [1.165, 1.54) is 11.8 Å². The fraction of sp³-hybridized carbons (Fsp3) is 0.231. The summed E-state index contributed by atoms with van der Waals surface area (Å²) in [6, 6.07) is 1.75. The highest BCUT2D eigenvalue weighted by Crippen LogP contribution is 2.42. The van der Waals surface area contributed by atoms with Crippen LogP contribution in [0.2, 0.25) is 5.15 Å². The quantitative estimate of drug-likeness (QED) is 0.822. The third kappa shape index (κ3) is 2.18. The van der Waals surface area contributed by atoms with Gasteiger partial charge in [0.1, 0.15) is 5.69 Å². The average molecular weight is 291 g/mol. The predicted molar refractivity (Wildman–Crippen MR) is 74.8 cm³/mol. The lowest BCUT2D eigenvalue weighted by atomic mass is 9.77. The lowest BCUT2D eigenvalue weighted by Gasteiger charge is -2.29. The smallest absolute Gasteiger partial charge is 0.313 e. The SMILES string of the molecule is C=C1CC(c2cc(-c3c[nH]c(=O)[nH]c3=O)nnc2Cl)C1. The molecule has 0 bridgehead atoms. The van der Waals surface area contributed by atoms with Crippen LogP contribution in [0.5, 0.6) is 0 Å². The minimum Gasteiger partial charge on any atom is -0.313 e. The van der Waals surface area contributed by atoms with Gasteiger partial charge in [0.05, 0.1) is 5.56 Å². The number of H-pyrrole nitrogens is 2. The summed E-state index contributed by atoms with van der Waals surface area (Å²) in [5.74, 6) is 0.270. The van der Waals surface area contributed by atoms with Crippen LogP contribution in [0.4, 0.5) is 0 Å². The second-order valence-electron chi connectivity index (χ2n) is 4.82. The van der Waals surface area contributed by atoms with Crippen LogP contribution in [0.3, 0.4) is 0 Å². The molecule has 0 unspecified atom stereocenters. The number of nitrogens with zero attached hydrogens (tertiary/aromatic N) is 2. The molecular formula is C13H11ClN4O2. The average Bonchev–Trinajstić information content (AvgIpc) is 2.37. The lowest BCUT2D eigenvalue weighted by molar-refractivity contribution is 0.550. The van der Waals surface area contributed by atoms with Gasteiger partial charge in [0.15, 0.2) is 5.15 Å². The molecule has 0 aromatic carbocycles. The van der Waals surface area contributed by atoms with E-state index < -0.39 is 11.2 Å². The number of hydrogen-bond donors (Lipinski definition) is 2. The summed E-state index contributed by atoms with van der Waals surface area (Å²) < 4.78 is 0. The first-order chi connectivity index (χ1) is 9.54. The number of rotatable bonds is 2. The normalized spacial score (nSPS) is 15.2. The molecule has 1 aliphatic rings. The zero-order valence-corrected chi connectivity index (χ0v) is 11.2. The highest BCUT2D eigenvalue weighted by molar-refractivity contribution is 6.30. The van der Waals surface area contributed by atoms with Crippen LogP contribution >= 0.6 is 11.6 Å². The zero-order valence-electron chi connectivity index (χ0n) is 10.4. The Balaban J connectivity index is 2.06. The van der Waals surface area contributed by atoms with Crippen molar-refractivity contribution < 1.29 is 0 Å². The van der Waals surface area contributed by atoms with E-state index in [4.69, 9.17) is 11.6 Å². The van der Waals surface area contributed by atoms with Gasteiger partial charge in [-0.1, -0.05) is 23.8 Å². The Morgan fingerprint density at radius 3 is 2.70 bits per heavy atom. The molecule has 3 rings (SSSR count). The predicted octanol–water partition coefficient (Wildman–Crippen LogP) is 1.61. The first-order valence-corrected chi connectivity index (χ1v) is 6.44. The van der Waals surface area contributed by atoms with E-state index in [-0.39, 0.29) is 11.5 Å². The van der Waals surface area contributed by atoms with Gasteiger partial charge in [0.25, 0.3) is 5.56 Å².